The first-order valence-corrected chi connectivity index (χ1v) is 5.17. The molecule has 1 aromatic heterocycles. The van der Waals surface area contributed by atoms with Crippen LogP contribution in [0.25, 0.3) is 0 Å². The molecule has 0 saturated heterocycles. The molecule has 0 aliphatic heterocycles. The summed E-state index contributed by atoms with van der Waals surface area (Å²) in [5.41, 5.74) is 7.06. The Morgan fingerprint density at radius 2 is 2.13 bits per heavy atom. The van der Waals surface area contributed by atoms with Crippen LogP contribution in [0, 0.1) is 0 Å². The third-order valence-corrected chi connectivity index (χ3v) is 2.51. The van der Waals surface area contributed by atoms with Crippen LogP contribution in [-0.4, -0.2) is 0 Å². The van der Waals surface area contributed by atoms with Crippen LogP contribution >= 0.6 is 11.6 Å². The van der Waals surface area contributed by atoms with E-state index < -0.39 is 0 Å². The largest absolute Gasteiger partial charge is 0.469 e. The molecule has 2 rings (SSSR count). The van der Waals surface area contributed by atoms with Gasteiger partial charge < -0.3 is 10.2 Å². The average Bonchev–Trinajstić information content (AvgIpc) is 2.70. The van der Waals surface area contributed by atoms with Crippen LogP contribution in [0.1, 0.15) is 17.4 Å². The normalized spacial score (nSPS) is 12.7. The fourth-order valence-corrected chi connectivity index (χ4v) is 1.70. The fraction of sp³-hybridized carbons (Fsp3) is 0.167. The van der Waals surface area contributed by atoms with Crippen molar-refractivity contribution in [2.24, 2.45) is 5.73 Å². The van der Waals surface area contributed by atoms with Crippen LogP contribution in [0.5, 0.6) is 0 Å². The molecule has 15 heavy (non-hydrogen) atoms. The predicted molar refractivity (Wildman–Crippen MR) is 60.8 cm³/mol. The summed E-state index contributed by atoms with van der Waals surface area (Å²) in [7, 11) is 0. The lowest BCUT2D eigenvalue weighted by molar-refractivity contribution is 0.488. The molecule has 0 amide bonds. The molecule has 0 fully saturated rings. The minimum atomic E-state index is -0.0742. The summed E-state index contributed by atoms with van der Waals surface area (Å²) in [6.07, 6.45) is 2.34. The van der Waals surface area contributed by atoms with Gasteiger partial charge in [0, 0.05) is 17.5 Å². The van der Waals surface area contributed by atoms with Crippen LogP contribution in [-0.2, 0) is 6.42 Å². The van der Waals surface area contributed by atoms with Gasteiger partial charge in [-0.2, -0.15) is 0 Å². The van der Waals surface area contributed by atoms with Gasteiger partial charge in [0.05, 0.1) is 6.26 Å². The Morgan fingerprint density at radius 1 is 1.27 bits per heavy atom. The predicted octanol–water partition coefficient (Wildman–Crippen LogP) is 3.18. The molecule has 2 N–H and O–H groups in total. The molecule has 0 spiro atoms. The van der Waals surface area contributed by atoms with Crippen LogP contribution in [0.3, 0.4) is 0 Å². The lowest BCUT2D eigenvalue weighted by atomic mass is 10.0. The van der Waals surface area contributed by atoms with Crippen molar-refractivity contribution >= 4 is 11.6 Å². The molecule has 0 aliphatic carbocycles. The molecule has 1 unspecified atom stereocenters. The van der Waals surface area contributed by atoms with E-state index in [4.69, 9.17) is 21.8 Å². The van der Waals surface area contributed by atoms with Crippen LogP contribution in [0.4, 0.5) is 0 Å². The van der Waals surface area contributed by atoms with Crippen molar-refractivity contribution in [3.63, 3.8) is 0 Å². The first-order chi connectivity index (χ1) is 7.25. The zero-order chi connectivity index (χ0) is 10.7. The summed E-state index contributed by atoms with van der Waals surface area (Å²) in [6, 6.07) is 11.3. The Labute approximate surface area is 93.7 Å². The maximum absolute atomic E-state index is 6.04. The van der Waals surface area contributed by atoms with Crippen molar-refractivity contribution in [1.82, 2.24) is 0 Å². The van der Waals surface area contributed by atoms with E-state index in [1.165, 1.54) is 0 Å². The van der Waals surface area contributed by atoms with Crippen molar-refractivity contribution < 1.29 is 4.42 Å². The van der Waals surface area contributed by atoms with Gasteiger partial charge in [-0.3, -0.25) is 0 Å². The Balaban J connectivity index is 2.11. The summed E-state index contributed by atoms with van der Waals surface area (Å²) in [5, 5.41) is 0.711. The molecule has 0 aliphatic rings. The van der Waals surface area contributed by atoms with E-state index in [2.05, 4.69) is 0 Å². The van der Waals surface area contributed by atoms with E-state index in [9.17, 15) is 0 Å². The average molecular weight is 222 g/mol. The molecule has 2 aromatic rings. The standard InChI is InChI=1S/C12H12ClNO/c13-10-4-1-3-9(7-10)12(14)8-11-5-2-6-15-11/h1-7,12H,8,14H2. The van der Waals surface area contributed by atoms with Gasteiger partial charge in [0.15, 0.2) is 0 Å². The maximum Gasteiger partial charge on any atom is 0.105 e. The highest BCUT2D eigenvalue weighted by molar-refractivity contribution is 6.30. The molecule has 1 aromatic carbocycles. The molecule has 3 heteroatoms. The highest BCUT2D eigenvalue weighted by atomic mass is 35.5. The van der Waals surface area contributed by atoms with Gasteiger partial charge in [-0.25, -0.2) is 0 Å². The Morgan fingerprint density at radius 3 is 2.80 bits per heavy atom. The van der Waals surface area contributed by atoms with Crippen molar-refractivity contribution in [2.75, 3.05) is 0 Å². The second-order valence-electron chi connectivity index (χ2n) is 3.44. The van der Waals surface area contributed by atoms with Crippen molar-refractivity contribution in [2.45, 2.75) is 12.5 Å². The van der Waals surface area contributed by atoms with Gasteiger partial charge in [0.1, 0.15) is 5.76 Å². The third-order valence-electron chi connectivity index (χ3n) is 2.28. The molecule has 0 saturated carbocycles. The zero-order valence-corrected chi connectivity index (χ0v) is 8.95. The van der Waals surface area contributed by atoms with E-state index in [1.54, 1.807) is 6.26 Å². The molecule has 78 valence electrons. The lowest BCUT2D eigenvalue weighted by Crippen LogP contribution is -2.12. The Kier molecular flexibility index (Phi) is 3.09. The second-order valence-corrected chi connectivity index (χ2v) is 3.88. The van der Waals surface area contributed by atoms with E-state index >= 15 is 0 Å². The number of rotatable bonds is 3. The zero-order valence-electron chi connectivity index (χ0n) is 8.19. The number of hydrogen-bond acceptors (Lipinski definition) is 2. The highest BCUT2D eigenvalue weighted by Gasteiger charge is 2.08. The fourth-order valence-electron chi connectivity index (χ4n) is 1.50. The Hall–Kier alpha value is -1.25. The smallest absolute Gasteiger partial charge is 0.105 e. The number of nitrogens with two attached hydrogens (primary N) is 1. The number of halogens is 1. The topological polar surface area (TPSA) is 39.2 Å². The van der Waals surface area contributed by atoms with Crippen LogP contribution < -0.4 is 5.73 Å². The number of furan rings is 1. The van der Waals surface area contributed by atoms with Gasteiger partial charge in [0.25, 0.3) is 0 Å². The van der Waals surface area contributed by atoms with Crippen molar-refractivity contribution in [3.05, 3.63) is 59.0 Å². The molecule has 0 radical (unpaired) electrons. The molecular weight excluding hydrogens is 210 g/mol. The van der Waals surface area contributed by atoms with Crippen LogP contribution in [0.15, 0.2) is 47.1 Å². The molecule has 0 bridgehead atoms. The first-order valence-electron chi connectivity index (χ1n) is 4.79. The summed E-state index contributed by atoms with van der Waals surface area (Å²) < 4.78 is 5.24. The summed E-state index contributed by atoms with van der Waals surface area (Å²) in [4.78, 5) is 0. The minimum absolute atomic E-state index is 0.0742. The number of hydrogen-bond donors (Lipinski definition) is 1. The van der Waals surface area contributed by atoms with E-state index in [-0.39, 0.29) is 6.04 Å². The lowest BCUT2D eigenvalue weighted by Gasteiger charge is -2.10. The minimum Gasteiger partial charge on any atom is -0.469 e. The van der Waals surface area contributed by atoms with E-state index in [0.717, 1.165) is 11.3 Å². The molecule has 1 atom stereocenters. The van der Waals surface area contributed by atoms with Gasteiger partial charge in [0.2, 0.25) is 0 Å². The molecule has 1 heterocycles. The van der Waals surface area contributed by atoms with Gasteiger partial charge in [-0.1, -0.05) is 23.7 Å². The molecular formula is C12H12ClNO. The second kappa shape index (κ2) is 4.51. The van der Waals surface area contributed by atoms with Crippen molar-refractivity contribution in [3.8, 4) is 0 Å². The number of benzene rings is 1. The first kappa shape index (κ1) is 10.3. The van der Waals surface area contributed by atoms with Gasteiger partial charge >= 0.3 is 0 Å². The van der Waals surface area contributed by atoms with Gasteiger partial charge in [-0.05, 0) is 29.8 Å². The third kappa shape index (κ3) is 2.61. The van der Waals surface area contributed by atoms with Crippen molar-refractivity contribution in [1.29, 1.82) is 0 Å². The van der Waals surface area contributed by atoms with Crippen LogP contribution in [0.2, 0.25) is 5.02 Å². The SMILES string of the molecule is NC(Cc1ccco1)c1cccc(Cl)c1. The van der Waals surface area contributed by atoms with E-state index in [0.29, 0.717) is 11.4 Å². The highest BCUT2D eigenvalue weighted by Crippen LogP contribution is 2.19. The molecule has 2 nitrogen and oxygen atoms in total. The quantitative estimate of drug-likeness (QED) is 0.865. The summed E-state index contributed by atoms with van der Waals surface area (Å²) in [5.74, 6) is 0.891. The Bertz CT molecular complexity index is 425. The summed E-state index contributed by atoms with van der Waals surface area (Å²) >= 11 is 5.89. The van der Waals surface area contributed by atoms with E-state index in [1.807, 2.05) is 36.4 Å². The maximum atomic E-state index is 6.04. The summed E-state index contributed by atoms with van der Waals surface area (Å²) in [6.45, 7) is 0. The monoisotopic (exact) mass is 221 g/mol. The van der Waals surface area contributed by atoms with Gasteiger partial charge in [-0.15, -0.1) is 0 Å².